The van der Waals surface area contributed by atoms with Crippen molar-refractivity contribution in [3.8, 4) is 22.0 Å². The Hall–Kier alpha value is -6.96. The summed E-state index contributed by atoms with van der Waals surface area (Å²) in [6, 6.07) is 56.0. The Labute approximate surface area is 309 Å². The van der Waals surface area contributed by atoms with Crippen LogP contribution in [0.2, 0.25) is 0 Å². The van der Waals surface area contributed by atoms with Crippen molar-refractivity contribution in [2.45, 2.75) is 0 Å². The maximum Gasteiger partial charge on any atom is 0.174 e. The molecule has 10 aromatic rings. The first-order valence-corrected chi connectivity index (χ1v) is 18.3. The molecule has 7 aromatic carbocycles. The highest BCUT2D eigenvalue weighted by Crippen LogP contribution is 2.55. The molecule has 0 radical (unpaired) electrons. The molecule has 7 heteroatoms. The Morgan fingerprint density at radius 1 is 0.434 bits per heavy atom. The first-order chi connectivity index (χ1) is 26.3. The molecule has 1 aliphatic rings. The SMILES string of the molecule is c1ccc2c(c1)N(c1ccc3ccccc3c1)c1ccc(-c3nc(-c4cc5cccnc5c5ncccc45)ns3)cc1N2c1ccc2ccccc2c1. The van der Waals surface area contributed by atoms with Crippen LogP contribution in [0.4, 0.5) is 34.1 Å². The number of anilines is 6. The van der Waals surface area contributed by atoms with Crippen LogP contribution >= 0.6 is 11.5 Å². The normalized spacial score (nSPS) is 12.5. The van der Waals surface area contributed by atoms with E-state index < -0.39 is 0 Å². The van der Waals surface area contributed by atoms with Gasteiger partial charge in [0.25, 0.3) is 0 Å². The van der Waals surface area contributed by atoms with Gasteiger partial charge < -0.3 is 9.80 Å². The number of hydrogen-bond donors (Lipinski definition) is 0. The van der Waals surface area contributed by atoms with Gasteiger partial charge in [0, 0.05) is 45.7 Å². The molecule has 3 aromatic heterocycles. The summed E-state index contributed by atoms with van der Waals surface area (Å²) in [6.07, 6.45) is 3.63. The predicted octanol–water partition coefficient (Wildman–Crippen LogP) is 12.5. The van der Waals surface area contributed by atoms with E-state index in [2.05, 4.69) is 160 Å². The number of fused-ring (bicyclic) bond motifs is 7. The fourth-order valence-corrected chi connectivity index (χ4v) is 8.40. The molecule has 0 saturated heterocycles. The summed E-state index contributed by atoms with van der Waals surface area (Å²) >= 11 is 1.42. The summed E-state index contributed by atoms with van der Waals surface area (Å²) in [5, 5.41) is 7.66. The Morgan fingerprint density at radius 3 is 1.74 bits per heavy atom. The van der Waals surface area contributed by atoms with Crippen LogP contribution in [0.1, 0.15) is 0 Å². The van der Waals surface area contributed by atoms with E-state index in [0.29, 0.717) is 5.82 Å². The van der Waals surface area contributed by atoms with Gasteiger partial charge in [-0.2, -0.15) is 4.37 Å². The minimum absolute atomic E-state index is 0.681. The van der Waals surface area contributed by atoms with Crippen molar-refractivity contribution < 1.29 is 0 Å². The number of benzene rings is 7. The van der Waals surface area contributed by atoms with Crippen LogP contribution in [0.25, 0.3) is 65.3 Å². The van der Waals surface area contributed by atoms with Crippen LogP contribution in [0.3, 0.4) is 0 Å². The quantitative estimate of drug-likeness (QED) is 0.171. The maximum atomic E-state index is 5.18. The first kappa shape index (κ1) is 29.7. The number of aromatic nitrogens is 4. The highest BCUT2D eigenvalue weighted by molar-refractivity contribution is 7.09. The summed E-state index contributed by atoms with van der Waals surface area (Å²) in [7, 11) is 0. The Morgan fingerprint density at radius 2 is 1.02 bits per heavy atom. The lowest BCUT2D eigenvalue weighted by Crippen LogP contribution is -2.24. The molecular weight excluding hydrogens is 669 g/mol. The van der Waals surface area contributed by atoms with Crippen LogP contribution in [0, 0.1) is 0 Å². The molecule has 0 amide bonds. The summed E-state index contributed by atoms with van der Waals surface area (Å²) in [4.78, 5) is 19.3. The Bertz CT molecular complexity index is 3060. The average Bonchev–Trinajstić information content (AvgIpc) is 3.72. The van der Waals surface area contributed by atoms with Gasteiger partial charge in [0.2, 0.25) is 0 Å². The second kappa shape index (κ2) is 11.8. The summed E-state index contributed by atoms with van der Waals surface area (Å²) < 4.78 is 4.93. The molecule has 0 saturated carbocycles. The topological polar surface area (TPSA) is 58.0 Å². The molecule has 0 aliphatic carbocycles. The van der Waals surface area contributed by atoms with Crippen molar-refractivity contribution in [2.24, 2.45) is 0 Å². The van der Waals surface area contributed by atoms with Crippen LogP contribution in [-0.2, 0) is 0 Å². The van der Waals surface area contributed by atoms with E-state index in [1.54, 1.807) is 0 Å². The van der Waals surface area contributed by atoms with Gasteiger partial charge in [0.1, 0.15) is 5.01 Å². The summed E-state index contributed by atoms with van der Waals surface area (Å²) in [5.74, 6) is 0.681. The fourth-order valence-electron chi connectivity index (χ4n) is 7.73. The Kier molecular flexibility index (Phi) is 6.62. The van der Waals surface area contributed by atoms with Crippen molar-refractivity contribution in [3.63, 3.8) is 0 Å². The molecule has 0 N–H and O–H groups in total. The van der Waals surface area contributed by atoms with Gasteiger partial charge >= 0.3 is 0 Å². The van der Waals surface area contributed by atoms with Gasteiger partial charge in [-0.15, -0.1) is 0 Å². The van der Waals surface area contributed by atoms with Crippen LogP contribution in [-0.4, -0.2) is 19.3 Å². The lowest BCUT2D eigenvalue weighted by Gasteiger charge is -2.40. The monoisotopic (exact) mass is 696 g/mol. The van der Waals surface area contributed by atoms with E-state index >= 15 is 0 Å². The third-order valence-electron chi connectivity index (χ3n) is 10.2. The second-order valence-corrected chi connectivity index (χ2v) is 14.0. The van der Waals surface area contributed by atoms with Crippen molar-refractivity contribution >= 4 is 89.0 Å². The third-order valence-corrected chi connectivity index (χ3v) is 10.9. The minimum Gasteiger partial charge on any atom is -0.306 e. The molecule has 53 heavy (non-hydrogen) atoms. The maximum absolute atomic E-state index is 5.18. The minimum atomic E-state index is 0.681. The van der Waals surface area contributed by atoms with Crippen molar-refractivity contribution in [1.29, 1.82) is 0 Å². The molecule has 11 rings (SSSR count). The van der Waals surface area contributed by atoms with Crippen LogP contribution in [0.15, 0.2) is 170 Å². The molecule has 0 fully saturated rings. The third kappa shape index (κ3) is 4.79. The highest BCUT2D eigenvalue weighted by atomic mass is 32.1. The zero-order valence-corrected chi connectivity index (χ0v) is 29.1. The largest absolute Gasteiger partial charge is 0.306 e. The molecule has 0 unspecified atom stereocenters. The van der Waals surface area contributed by atoms with Crippen molar-refractivity contribution in [2.75, 3.05) is 9.80 Å². The van der Waals surface area contributed by atoms with E-state index in [1.165, 1.54) is 33.1 Å². The molecule has 1 aliphatic heterocycles. The molecule has 0 bridgehead atoms. The molecule has 248 valence electrons. The smallest absolute Gasteiger partial charge is 0.174 e. The number of para-hydroxylation sites is 2. The molecule has 6 nitrogen and oxygen atoms in total. The Balaban J connectivity index is 1.11. The highest BCUT2D eigenvalue weighted by Gasteiger charge is 2.31. The summed E-state index contributed by atoms with van der Waals surface area (Å²) in [6.45, 7) is 0. The molecule has 0 atom stereocenters. The number of hydrogen-bond acceptors (Lipinski definition) is 7. The average molecular weight is 697 g/mol. The molecule has 4 heterocycles. The van der Waals surface area contributed by atoms with Gasteiger partial charge in [-0.05, 0) is 106 Å². The first-order valence-electron chi connectivity index (χ1n) is 17.5. The zero-order valence-electron chi connectivity index (χ0n) is 28.3. The van der Waals surface area contributed by atoms with Crippen LogP contribution in [0.5, 0.6) is 0 Å². The van der Waals surface area contributed by atoms with E-state index in [9.17, 15) is 0 Å². The number of rotatable bonds is 4. The predicted molar refractivity (Wildman–Crippen MR) is 219 cm³/mol. The van der Waals surface area contributed by atoms with E-state index in [-0.39, 0.29) is 0 Å². The van der Waals surface area contributed by atoms with E-state index in [4.69, 9.17) is 14.3 Å². The van der Waals surface area contributed by atoms with Gasteiger partial charge in [-0.3, -0.25) is 9.97 Å². The number of nitrogens with zero attached hydrogens (tertiary/aromatic N) is 6. The van der Waals surface area contributed by atoms with Gasteiger partial charge in [0.05, 0.1) is 33.8 Å². The lowest BCUT2D eigenvalue weighted by atomic mass is 10.0. The van der Waals surface area contributed by atoms with E-state index in [1.807, 2.05) is 24.5 Å². The molecule has 0 spiro atoms. The zero-order chi connectivity index (χ0) is 34.9. The van der Waals surface area contributed by atoms with Crippen molar-refractivity contribution in [1.82, 2.24) is 19.3 Å². The standard InChI is InChI=1S/C46H28N6S/c1-3-11-31-25-35(20-17-29(31)9-1)51-39-15-5-6-16-40(39)52(36-21-18-30-10-2-4-12-32(30)26-36)42-28-34(19-22-41(42)51)46-49-45(50-53-46)38-27-33-13-7-23-47-43(33)44-37(38)14-8-24-48-44/h1-28H. The molecular formula is C46H28N6S. The van der Waals surface area contributed by atoms with E-state index in [0.717, 1.165) is 72.1 Å². The van der Waals surface area contributed by atoms with Gasteiger partial charge in [0.15, 0.2) is 5.82 Å². The van der Waals surface area contributed by atoms with Gasteiger partial charge in [-0.1, -0.05) is 84.9 Å². The van der Waals surface area contributed by atoms with Crippen molar-refractivity contribution in [3.05, 3.63) is 170 Å². The lowest BCUT2D eigenvalue weighted by molar-refractivity contribution is 1.17. The summed E-state index contributed by atoms with van der Waals surface area (Å²) in [5.41, 5.74) is 10.2. The second-order valence-electron chi connectivity index (χ2n) is 13.2. The number of pyridine rings is 2. The fraction of sp³-hybridized carbons (Fsp3) is 0. The van der Waals surface area contributed by atoms with Gasteiger partial charge in [-0.25, -0.2) is 4.98 Å². The van der Waals surface area contributed by atoms with Crippen LogP contribution < -0.4 is 9.80 Å².